The number of rotatable bonds is 3. The number of nitrogens with two attached hydrogens (primary N) is 1. The van der Waals surface area contributed by atoms with Gasteiger partial charge in [-0.1, -0.05) is 0 Å². The highest BCUT2D eigenvalue weighted by atomic mass is 79.9. The van der Waals surface area contributed by atoms with Crippen molar-refractivity contribution in [1.82, 2.24) is 20.1 Å². The number of hydrogen-bond acceptors (Lipinski definition) is 4. The summed E-state index contributed by atoms with van der Waals surface area (Å²) in [6.07, 6.45) is 5.31. The highest BCUT2D eigenvalue weighted by Gasteiger charge is 2.33. The van der Waals surface area contributed by atoms with Crippen molar-refractivity contribution in [2.45, 2.75) is 18.8 Å². The van der Waals surface area contributed by atoms with E-state index in [1.807, 2.05) is 28.9 Å². The van der Waals surface area contributed by atoms with Gasteiger partial charge >= 0.3 is 0 Å². The minimum absolute atomic E-state index is 0.283. The topological polar surface area (TPSA) is 110 Å². The van der Waals surface area contributed by atoms with Crippen molar-refractivity contribution < 1.29 is 4.79 Å². The predicted molar refractivity (Wildman–Crippen MR) is 97.9 cm³/mol. The number of aromatic nitrogens is 3. The fraction of sp³-hybridized carbons (Fsp3) is 0.176. The molecule has 0 radical (unpaired) electrons. The molecule has 0 spiro atoms. The molecule has 25 heavy (non-hydrogen) atoms. The average Bonchev–Trinajstić information content (AvgIpc) is 3.33. The summed E-state index contributed by atoms with van der Waals surface area (Å²) in [4.78, 5) is 16.8. The van der Waals surface area contributed by atoms with Gasteiger partial charge in [0.15, 0.2) is 5.96 Å². The van der Waals surface area contributed by atoms with Gasteiger partial charge in [-0.3, -0.25) is 20.5 Å². The van der Waals surface area contributed by atoms with Crippen LogP contribution in [0.2, 0.25) is 0 Å². The number of carbonyl (C=O) groups is 1. The minimum Gasteiger partial charge on any atom is -0.370 e. The first kappa shape index (κ1) is 15.8. The molecule has 2 aromatic heterocycles. The average molecular weight is 399 g/mol. The van der Waals surface area contributed by atoms with E-state index in [2.05, 4.69) is 31.3 Å². The summed E-state index contributed by atoms with van der Waals surface area (Å²) in [6.45, 7) is 0. The second-order valence-corrected chi connectivity index (χ2v) is 6.82. The highest BCUT2D eigenvalue weighted by molar-refractivity contribution is 9.10. The molecule has 1 aliphatic carbocycles. The van der Waals surface area contributed by atoms with Crippen LogP contribution in [0.4, 0.5) is 0 Å². The standard InChI is InChI=1S/C17H15BrN6O/c18-12-5-6-13(10-2-1-7-21-14(10)12)24-15(9-3-4-9)11(8-22-24)16(25)23-17(19)20/h1-2,5-9H,3-4H2,(H4,19,20,23,25). The number of carbonyl (C=O) groups excluding carboxylic acids is 1. The lowest BCUT2D eigenvalue weighted by Gasteiger charge is -2.12. The van der Waals surface area contributed by atoms with Crippen LogP contribution in [-0.4, -0.2) is 26.6 Å². The lowest BCUT2D eigenvalue weighted by atomic mass is 10.1. The van der Waals surface area contributed by atoms with Crippen LogP contribution in [0.5, 0.6) is 0 Å². The second-order valence-electron chi connectivity index (χ2n) is 5.96. The maximum atomic E-state index is 12.4. The van der Waals surface area contributed by atoms with Gasteiger partial charge in [0.1, 0.15) is 0 Å². The third kappa shape index (κ3) is 2.78. The number of nitrogens with zero attached hydrogens (tertiary/aromatic N) is 3. The smallest absolute Gasteiger partial charge is 0.261 e. The minimum atomic E-state index is -0.403. The number of nitrogens with one attached hydrogen (secondary N) is 2. The third-order valence-electron chi connectivity index (χ3n) is 4.19. The van der Waals surface area contributed by atoms with Gasteiger partial charge in [-0.15, -0.1) is 0 Å². The van der Waals surface area contributed by atoms with Gasteiger partial charge in [-0.25, -0.2) is 4.68 Å². The Morgan fingerprint density at radius 3 is 2.88 bits per heavy atom. The SMILES string of the molecule is N=C(N)NC(=O)c1cnn(-c2ccc(Br)c3ncccc23)c1C1CC1. The van der Waals surface area contributed by atoms with Gasteiger partial charge in [0.2, 0.25) is 0 Å². The first-order valence-electron chi connectivity index (χ1n) is 7.83. The van der Waals surface area contributed by atoms with Crippen molar-refractivity contribution in [3.8, 4) is 5.69 Å². The van der Waals surface area contributed by atoms with Crippen LogP contribution in [0.1, 0.15) is 34.8 Å². The van der Waals surface area contributed by atoms with Gasteiger partial charge in [-0.05, 0) is 53.0 Å². The van der Waals surface area contributed by atoms with Crippen LogP contribution in [0.15, 0.2) is 41.1 Å². The molecule has 4 N–H and O–H groups in total. The van der Waals surface area contributed by atoms with Crippen molar-refractivity contribution in [1.29, 1.82) is 5.41 Å². The molecule has 1 aromatic carbocycles. The molecule has 0 unspecified atom stereocenters. The number of fused-ring (bicyclic) bond motifs is 1. The molecule has 0 atom stereocenters. The maximum absolute atomic E-state index is 12.4. The third-order valence-corrected chi connectivity index (χ3v) is 4.83. The number of amides is 1. The Bertz CT molecular complexity index is 1010. The molecule has 7 nitrogen and oxygen atoms in total. The Kier molecular flexibility index (Phi) is 3.76. The van der Waals surface area contributed by atoms with Gasteiger partial charge in [0.25, 0.3) is 5.91 Å². The Balaban J connectivity index is 1.90. The van der Waals surface area contributed by atoms with E-state index in [0.717, 1.165) is 39.6 Å². The molecule has 4 rings (SSSR count). The Labute approximate surface area is 151 Å². The van der Waals surface area contributed by atoms with E-state index in [4.69, 9.17) is 11.1 Å². The van der Waals surface area contributed by atoms with Crippen LogP contribution < -0.4 is 11.1 Å². The van der Waals surface area contributed by atoms with E-state index in [-0.39, 0.29) is 11.9 Å². The zero-order chi connectivity index (χ0) is 17.6. The van der Waals surface area contributed by atoms with Crippen LogP contribution >= 0.6 is 15.9 Å². The first-order valence-corrected chi connectivity index (χ1v) is 8.62. The zero-order valence-corrected chi connectivity index (χ0v) is 14.7. The van der Waals surface area contributed by atoms with E-state index in [1.165, 1.54) is 6.20 Å². The van der Waals surface area contributed by atoms with Crippen LogP contribution in [-0.2, 0) is 0 Å². The zero-order valence-electron chi connectivity index (χ0n) is 13.2. The molecule has 1 fully saturated rings. The first-order chi connectivity index (χ1) is 12.1. The summed E-state index contributed by atoms with van der Waals surface area (Å²) >= 11 is 3.53. The molecule has 0 aliphatic heterocycles. The number of pyridine rings is 1. The number of hydrogen-bond donors (Lipinski definition) is 3. The van der Waals surface area contributed by atoms with E-state index in [9.17, 15) is 4.79 Å². The van der Waals surface area contributed by atoms with Gasteiger partial charge in [0.05, 0.1) is 28.7 Å². The van der Waals surface area contributed by atoms with Crippen LogP contribution in [0.25, 0.3) is 16.6 Å². The van der Waals surface area contributed by atoms with Crippen LogP contribution in [0, 0.1) is 5.41 Å². The largest absolute Gasteiger partial charge is 0.370 e. The van der Waals surface area contributed by atoms with E-state index >= 15 is 0 Å². The Morgan fingerprint density at radius 1 is 1.36 bits per heavy atom. The molecular formula is C17H15BrN6O. The Hall–Kier alpha value is -2.74. The number of halogens is 1. The fourth-order valence-corrected chi connectivity index (χ4v) is 3.42. The summed E-state index contributed by atoms with van der Waals surface area (Å²) in [5.41, 5.74) is 8.31. The lowest BCUT2D eigenvalue weighted by molar-refractivity contribution is 0.0975. The lowest BCUT2D eigenvalue weighted by Crippen LogP contribution is -2.36. The van der Waals surface area contributed by atoms with Gasteiger partial charge < -0.3 is 5.73 Å². The summed E-state index contributed by atoms with van der Waals surface area (Å²) < 4.78 is 2.71. The molecule has 0 saturated heterocycles. The van der Waals surface area contributed by atoms with Crippen molar-refractivity contribution in [2.24, 2.45) is 5.73 Å². The van der Waals surface area contributed by atoms with E-state index in [0.29, 0.717) is 5.56 Å². The molecule has 0 bridgehead atoms. The normalized spacial score (nSPS) is 13.8. The van der Waals surface area contributed by atoms with E-state index in [1.54, 1.807) is 6.20 Å². The van der Waals surface area contributed by atoms with Gasteiger partial charge in [0, 0.05) is 22.0 Å². The maximum Gasteiger partial charge on any atom is 0.261 e. The molecule has 1 saturated carbocycles. The molecule has 2 heterocycles. The summed E-state index contributed by atoms with van der Waals surface area (Å²) in [7, 11) is 0. The second kappa shape index (κ2) is 5.96. The highest BCUT2D eigenvalue weighted by Crippen LogP contribution is 2.43. The van der Waals surface area contributed by atoms with Crippen LogP contribution in [0.3, 0.4) is 0 Å². The molecule has 3 aromatic rings. The molecule has 1 aliphatic rings. The monoisotopic (exact) mass is 398 g/mol. The summed E-state index contributed by atoms with van der Waals surface area (Å²) in [5, 5.41) is 15.0. The summed E-state index contributed by atoms with van der Waals surface area (Å²) in [5.74, 6) is -0.497. The van der Waals surface area contributed by atoms with Crippen molar-refractivity contribution >= 4 is 38.7 Å². The predicted octanol–water partition coefficient (Wildman–Crippen LogP) is 2.68. The molecular weight excluding hydrogens is 384 g/mol. The van der Waals surface area contributed by atoms with Crippen molar-refractivity contribution in [3.05, 3.63) is 52.4 Å². The fourth-order valence-electron chi connectivity index (χ4n) is 2.97. The van der Waals surface area contributed by atoms with Crippen molar-refractivity contribution in [2.75, 3.05) is 0 Å². The number of guanidine groups is 1. The Morgan fingerprint density at radius 2 is 2.16 bits per heavy atom. The van der Waals surface area contributed by atoms with E-state index < -0.39 is 5.91 Å². The molecule has 1 amide bonds. The van der Waals surface area contributed by atoms with Crippen molar-refractivity contribution in [3.63, 3.8) is 0 Å². The molecule has 126 valence electrons. The quantitative estimate of drug-likeness (QED) is 0.465. The number of benzene rings is 1. The summed E-state index contributed by atoms with van der Waals surface area (Å²) in [6, 6.07) is 7.75. The van der Waals surface area contributed by atoms with Gasteiger partial charge in [-0.2, -0.15) is 5.10 Å². The molecule has 8 heteroatoms.